The van der Waals surface area contributed by atoms with Gasteiger partial charge in [0.25, 0.3) is 0 Å². The number of nitrogen functional groups attached to an aromatic ring is 1. The molecule has 0 bridgehead atoms. The van der Waals surface area contributed by atoms with Crippen LogP contribution < -0.4 is 5.73 Å². The van der Waals surface area contributed by atoms with Crippen molar-refractivity contribution in [1.82, 2.24) is 9.97 Å². The van der Waals surface area contributed by atoms with E-state index in [-0.39, 0.29) is 0 Å². The van der Waals surface area contributed by atoms with Crippen molar-refractivity contribution in [3.05, 3.63) is 52.8 Å². The number of benzene rings is 2. The van der Waals surface area contributed by atoms with Gasteiger partial charge >= 0.3 is 0 Å². The Balaban J connectivity index is 1.72. The maximum atomic E-state index is 12.3. The predicted molar refractivity (Wildman–Crippen MR) is 89.6 cm³/mol. The molecule has 0 spiro atoms. The minimum absolute atomic E-state index is 0.533. The topological polar surface area (TPSA) is 71.8 Å². The largest absolute Gasteiger partial charge is 0.399 e. The van der Waals surface area contributed by atoms with E-state index in [1.165, 1.54) is 0 Å². The lowest BCUT2D eigenvalue weighted by atomic mass is 10.3. The van der Waals surface area contributed by atoms with Gasteiger partial charge in [-0.05, 0) is 36.4 Å². The molecule has 3 N–H and O–H groups in total. The normalized spacial score (nSPS) is 12.6. The Kier molecular flexibility index (Phi) is 4.07. The zero-order chi connectivity index (χ0) is 14.8. The molecule has 0 amide bonds. The van der Waals surface area contributed by atoms with E-state index in [2.05, 4.69) is 25.9 Å². The molecule has 1 heterocycles. The number of nitrogens with one attached hydrogen (secondary N) is 1. The molecule has 0 fully saturated rings. The van der Waals surface area contributed by atoms with E-state index in [0.29, 0.717) is 17.9 Å². The molecule has 21 heavy (non-hydrogen) atoms. The van der Waals surface area contributed by atoms with E-state index in [0.717, 1.165) is 26.2 Å². The Morgan fingerprint density at radius 3 is 2.90 bits per heavy atom. The molecule has 1 atom stereocenters. The van der Waals surface area contributed by atoms with E-state index in [9.17, 15) is 4.21 Å². The van der Waals surface area contributed by atoms with Crippen LogP contribution in [0.5, 0.6) is 0 Å². The summed E-state index contributed by atoms with van der Waals surface area (Å²) in [5.41, 5.74) is 8.25. The summed E-state index contributed by atoms with van der Waals surface area (Å²) in [6.07, 6.45) is 0.633. The lowest BCUT2D eigenvalue weighted by molar-refractivity contribution is 0.681. The number of hydrogen-bond donors (Lipinski definition) is 2. The monoisotopic (exact) mass is 363 g/mol. The van der Waals surface area contributed by atoms with Crippen LogP contribution in [0.15, 0.2) is 51.8 Å². The quantitative estimate of drug-likeness (QED) is 0.698. The highest BCUT2D eigenvalue weighted by Gasteiger charge is 2.08. The minimum atomic E-state index is -1.03. The molecule has 6 heteroatoms. The van der Waals surface area contributed by atoms with Crippen LogP contribution in [0.3, 0.4) is 0 Å². The highest BCUT2D eigenvalue weighted by atomic mass is 79.9. The summed E-state index contributed by atoms with van der Waals surface area (Å²) in [5.74, 6) is 1.37. The van der Waals surface area contributed by atoms with Gasteiger partial charge in [-0.3, -0.25) is 4.21 Å². The van der Waals surface area contributed by atoms with E-state index in [4.69, 9.17) is 5.73 Å². The van der Waals surface area contributed by atoms with Crippen molar-refractivity contribution in [2.45, 2.75) is 11.3 Å². The lowest BCUT2D eigenvalue weighted by Gasteiger charge is -2.01. The summed E-state index contributed by atoms with van der Waals surface area (Å²) in [6, 6.07) is 13.1. The van der Waals surface area contributed by atoms with Gasteiger partial charge in [0.15, 0.2) is 0 Å². The van der Waals surface area contributed by atoms with E-state index in [1.807, 2.05) is 42.5 Å². The fourth-order valence-corrected chi connectivity index (χ4v) is 3.77. The number of nitrogens with two attached hydrogens (primary N) is 1. The lowest BCUT2D eigenvalue weighted by Crippen LogP contribution is -2.02. The van der Waals surface area contributed by atoms with Gasteiger partial charge in [0.05, 0.1) is 21.8 Å². The SMILES string of the molecule is Nc1ccc2nc(CCS(=O)c3cccc(Br)c3)[nH]c2c1. The van der Waals surface area contributed by atoms with Crippen molar-refractivity contribution < 1.29 is 4.21 Å². The highest BCUT2D eigenvalue weighted by molar-refractivity contribution is 9.10. The van der Waals surface area contributed by atoms with Gasteiger partial charge in [-0.15, -0.1) is 0 Å². The van der Waals surface area contributed by atoms with Crippen molar-refractivity contribution in [3.8, 4) is 0 Å². The second-order valence-electron chi connectivity index (χ2n) is 4.72. The van der Waals surface area contributed by atoms with Gasteiger partial charge in [-0.1, -0.05) is 22.0 Å². The second kappa shape index (κ2) is 5.99. The fourth-order valence-electron chi connectivity index (χ4n) is 2.11. The predicted octanol–water partition coefficient (Wildman–Crippen LogP) is 3.26. The molecular formula is C15H14BrN3OS. The summed E-state index contributed by atoms with van der Waals surface area (Å²) < 4.78 is 13.2. The first-order valence-corrected chi connectivity index (χ1v) is 8.61. The third-order valence-electron chi connectivity index (χ3n) is 3.14. The highest BCUT2D eigenvalue weighted by Crippen LogP contribution is 2.17. The first kappa shape index (κ1) is 14.3. The molecule has 1 unspecified atom stereocenters. The van der Waals surface area contributed by atoms with Crippen LogP contribution in [0.25, 0.3) is 11.0 Å². The van der Waals surface area contributed by atoms with Crippen molar-refractivity contribution >= 4 is 43.5 Å². The van der Waals surface area contributed by atoms with Gasteiger partial charge in [-0.2, -0.15) is 0 Å². The van der Waals surface area contributed by atoms with Crippen molar-refractivity contribution in [2.24, 2.45) is 0 Å². The molecule has 108 valence electrons. The third-order valence-corrected chi connectivity index (χ3v) is 4.99. The van der Waals surface area contributed by atoms with Crippen LogP contribution >= 0.6 is 15.9 Å². The summed E-state index contributed by atoms with van der Waals surface area (Å²) in [6.45, 7) is 0. The van der Waals surface area contributed by atoms with Crippen LogP contribution in [0.1, 0.15) is 5.82 Å². The van der Waals surface area contributed by atoms with Crippen LogP contribution in [-0.4, -0.2) is 19.9 Å². The smallest absolute Gasteiger partial charge is 0.108 e. The Morgan fingerprint density at radius 1 is 1.24 bits per heavy atom. The molecule has 0 aliphatic heterocycles. The minimum Gasteiger partial charge on any atom is -0.399 e. The standard InChI is InChI=1S/C15H14BrN3OS/c16-10-2-1-3-12(8-10)21(20)7-6-15-18-13-5-4-11(17)9-14(13)19-15/h1-5,8-9H,6-7,17H2,(H,18,19). The molecule has 4 nitrogen and oxygen atoms in total. The number of aromatic amines is 1. The second-order valence-corrected chi connectivity index (χ2v) is 7.20. The van der Waals surface area contributed by atoms with Crippen LogP contribution in [0.4, 0.5) is 5.69 Å². The number of imidazole rings is 1. The number of rotatable bonds is 4. The van der Waals surface area contributed by atoms with Crippen molar-refractivity contribution in [2.75, 3.05) is 11.5 Å². The average Bonchev–Trinajstić information content (AvgIpc) is 2.86. The van der Waals surface area contributed by atoms with Crippen molar-refractivity contribution in [1.29, 1.82) is 0 Å². The van der Waals surface area contributed by atoms with Crippen molar-refractivity contribution in [3.63, 3.8) is 0 Å². The summed E-state index contributed by atoms with van der Waals surface area (Å²) in [5, 5.41) is 0. The molecule has 3 aromatic rings. The maximum absolute atomic E-state index is 12.3. The number of aromatic nitrogens is 2. The van der Waals surface area contributed by atoms with Crippen LogP contribution in [0.2, 0.25) is 0 Å². The third kappa shape index (κ3) is 3.33. The van der Waals surface area contributed by atoms with Crippen LogP contribution in [0, 0.1) is 0 Å². The summed E-state index contributed by atoms with van der Waals surface area (Å²) in [4.78, 5) is 8.53. The molecule has 0 aliphatic rings. The van der Waals surface area contributed by atoms with Gasteiger partial charge < -0.3 is 10.7 Å². The number of H-pyrrole nitrogens is 1. The van der Waals surface area contributed by atoms with E-state index in [1.54, 1.807) is 0 Å². The molecule has 1 aromatic heterocycles. The number of fused-ring (bicyclic) bond motifs is 1. The molecule has 2 aromatic carbocycles. The first-order chi connectivity index (χ1) is 10.1. The molecule has 0 radical (unpaired) electrons. The Bertz CT molecular complexity index is 816. The number of aryl methyl sites for hydroxylation is 1. The van der Waals surface area contributed by atoms with E-state index < -0.39 is 10.8 Å². The number of hydrogen-bond acceptors (Lipinski definition) is 3. The number of halogens is 1. The van der Waals surface area contributed by atoms with Crippen LogP contribution in [-0.2, 0) is 17.2 Å². The fraction of sp³-hybridized carbons (Fsp3) is 0.133. The van der Waals surface area contributed by atoms with E-state index >= 15 is 0 Å². The summed E-state index contributed by atoms with van der Waals surface area (Å²) in [7, 11) is -1.03. The zero-order valence-electron chi connectivity index (χ0n) is 11.2. The molecule has 0 saturated heterocycles. The van der Waals surface area contributed by atoms with Gasteiger partial charge in [0.1, 0.15) is 5.82 Å². The molecule has 3 rings (SSSR count). The maximum Gasteiger partial charge on any atom is 0.108 e. The zero-order valence-corrected chi connectivity index (χ0v) is 13.6. The average molecular weight is 364 g/mol. The molecule has 0 saturated carbocycles. The van der Waals surface area contributed by atoms with Gasteiger partial charge in [0.2, 0.25) is 0 Å². The molecular weight excluding hydrogens is 350 g/mol. The molecule has 0 aliphatic carbocycles. The van der Waals surface area contributed by atoms with Gasteiger partial charge in [0, 0.05) is 27.2 Å². The Labute approximate surface area is 133 Å². The summed E-state index contributed by atoms with van der Waals surface area (Å²) >= 11 is 3.39. The number of nitrogens with zero attached hydrogens (tertiary/aromatic N) is 1. The Hall–Kier alpha value is -1.66. The van der Waals surface area contributed by atoms with Gasteiger partial charge in [-0.25, -0.2) is 4.98 Å². The first-order valence-electron chi connectivity index (χ1n) is 6.50. The Morgan fingerprint density at radius 2 is 2.10 bits per heavy atom. The number of anilines is 1.